The molecular weight excluding hydrogens is 366 g/mol. The van der Waals surface area contributed by atoms with Crippen molar-refractivity contribution in [1.82, 2.24) is 14.8 Å². The zero-order chi connectivity index (χ0) is 15.5. The molecule has 1 aliphatic carbocycles. The Bertz CT molecular complexity index is 739. The van der Waals surface area contributed by atoms with Crippen LogP contribution in [0.1, 0.15) is 36.4 Å². The first-order valence-corrected chi connectivity index (χ1v) is 8.57. The van der Waals surface area contributed by atoms with Gasteiger partial charge in [-0.25, -0.2) is 4.98 Å². The van der Waals surface area contributed by atoms with Crippen molar-refractivity contribution < 1.29 is 0 Å². The number of nitrogen functional groups attached to an aromatic ring is 1. The number of fused-ring (bicyclic) bond motifs is 2. The second-order valence-electron chi connectivity index (χ2n) is 6.35. The number of aromatic nitrogens is 3. The van der Waals surface area contributed by atoms with Gasteiger partial charge in [0.15, 0.2) is 0 Å². The second kappa shape index (κ2) is 4.86. The van der Waals surface area contributed by atoms with E-state index >= 15 is 0 Å². The SMILES string of the molecule is Cc1cn(C2CCC3(CNc4ncc(Br)c(Cl)c43)C2)nc1N. The maximum Gasteiger partial charge on any atom is 0.148 e. The van der Waals surface area contributed by atoms with Gasteiger partial charge in [-0.15, -0.1) is 0 Å². The number of nitrogens with zero attached hydrogens (tertiary/aromatic N) is 3. The van der Waals surface area contributed by atoms with Crippen molar-refractivity contribution in [2.24, 2.45) is 0 Å². The smallest absolute Gasteiger partial charge is 0.148 e. The van der Waals surface area contributed by atoms with Gasteiger partial charge in [-0.2, -0.15) is 5.10 Å². The van der Waals surface area contributed by atoms with E-state index in [1.54, 1.807) is 6.20 Å². The van der Waals surface area contributed by atoms with E-state index in [9.17, 15) is 0 Å². The molecular formula is C15H17BrClN5. The predicted octanol–water partition coefficient (Wildman–Crippen LogP) is 3.67. The molecule has 3 heterocycles. The highest BCUT2D eigenvalue weighted by Gasteiger charge is 2.48. The molecule has 1 saturated carbocycles. The van der Waals surface area contributed by atoms with Gasteiger partial charge in [0.25, 0.3) is 0 Å². The molecule has 2 aromatic rings. The summed E-state index contributed by atoms with van der Waals surface area (Å²) in [5.41, 5.74) is 8.13. The minimum absolute atomic E-state index is 0.0441. The van der Waals surface area contributed by atoms with Crippen molar-refractivity contribution in [3.8, 4) is 0 Å². The quantitative estimate of drug-likeness (QED) is 0.789. The van der Waals surface area contributed by atoms with Crippen LogP contribution >= 0.6 is 27.5 Å². The van der Waals surface area contributed by atoms with Crippen LogP contribution in [0.4, 0.5) is 11.6 Å². The number of aryl methyl sites for hydroxylation is 1. The molecule has 2 unspecified atom stereocenters. The maximum absolute atomic E-state index is 6.56. The van der Waals surface area contributed by atoms with E-state index < -0.39 is 0 Å². The zero-order valence-electron chi connectivity index (χ0n) is 12.2. The second-order valence-corrected chi connectivity index (χ2v) is 7.58. The van der Waals surface area contributed by atoms with Crippen molar-refractivity contribution >= 4 is 39.2 Å². The summed E-state index contributed by atoms with van der Waals surface area (Å²) in [7, 11) is 0. The molecule has 116 valence electrons. The Kier molecular flexibility index (Phi) is 3.17. The lowest BCUT2D eigenvalue weighted by Crippen LogP contribution is -2.26. The van der Waals surface area contributed by atoms with Gasteiger partial charge in [0, 0.05) is 35.5 Å². The van der Waals surface area contributed by atoms with E-state index in [0.717, 1.165) is 52.2 Å². The van der Waals surface area contributed by atoms with Crippen molar-refractivity contribution in [2.75, 3.05) is 17.6 Å². The average Bonchev–Trinajstić information content (AvgIpc) is 3.16. The predicted molar refractivity (Wildman–Crippen MR) is 91.4 cm³/mol. The number of pyridine rings is 1. The number of nitrogens with one attached hydrogen (secondary N) is 1. The van der Waals surface area contributed by atoms with Crippen molar-refractivity contribution in [1.29, 1.82) is 0 Å². The van der Waals surface area contributed by atoms with E-state index in [1.807, 2.05) is 17.8 Å². The highest BCUT2D eigenvalue weighted by Crippen LogP contribution is 2.54. The molecule has 0 bridgehead atoms. The van der Waals surface area contributed by atoms with Crippen LogP contribution in [0.25, 0.3) is 0 Å². The van der Waals surface area contributed by atoms with Gasteiger partial charge in [-0.1, -0.05) is 11.6 Å². The first-order chi connectivity index (χ1) is 10.5. The van der Waals surface area contributed by atoms with Crippen LogP contribution in [0.3, 0.4) is 0 Å². The largest absolute Gasteiger partial charge is 0.382 e. The Morgan fingerprint density at radius 3 is 3.09 bits per heavy atom. The van der Waals surface area contributed by atoms with Crippen LogP contribution in [0, 0.1) is 6.92 Å². The average molecular weight is 383 g/mol. The number of anilines is 2. The van der Waals surface area contributed by atoms with E-state index in [-0.39, 0.29) is 5.41 Å². The standard InChI is InChI=1S/C15H17BrClN5/c1-8-6-22(21-13(8)18)9-2-3-15(4-9)7-20-14-11(15)12(17)10(16)5-19-14/h5-6,9H,2-4,7H2,1H3,(H2,18,21)(H,19,20). The molecule has 2 aliphatic rings. The normalized spacial score (nSPS) is 26.4. The third-order valence-corrected chi connectivity index (χ3v) is 6.23. The number of nitrogens with two attached hydrogens (primary N) is 1. The van der Waals surface area contributed by atoms with Gasteiger partial charge in [-0.3, -0.25) is 4.68 Å². The van der Waals surface area contributed by atoms with Gasteiger partial charge < -0.3 is 11.1 Å². The third-order valence-electron chi connectivity index (χ3n) is 5.01. The molecule has 2 atom stereocenters. The van der Waals surface area contributed by atoms with Crippen LogP contribution in [0.2, 0.25) is 5.02 Å². The van der Waals surface area contributed by atoms with E-state index in [4.69, 9.17) is 17.3 Å². The summed E-state index contributed by atoms with van der Waals surface area (Å²) in [5, 5.41) is 8.66. The van der Waals surface area contributed by atoms with Gasteiger partial charge in [0.05, 0.1) is 15.5 Å². The van der Waals surface area contributed by atoms with E-state index in [1.165, 1.54) is 0 Å². The molecule has 22 heavy (non-hydrogen) atoms. The fraction of sp³-hybridized carbons (Fsp3) is 0.467. The number of hydrogen-bond acceptors (Lipinski definition) is 4. The summed E-state index contributed by atoms with van der Waals surface area (Å²) in [5.74, 6) is 1.54. The van der Waals surface area contributed by atoms with Crippen molar-refractivity contribution in [3.05, 3.63) is 33.0 Å². The molecule has 0 amide bonds. The number of rotatable bonds is 1. The number of hydrogen-bond donors (Lipinski definition) is 2. The molecule has 1 spiro atoms. The third kappa shape index (κ3) is 1.97. The molecule has 7 heteroatoms. The zero-order valence-corrected chi connectivity index (χ0v) is 14.6. The number of halogens is 2. The maximum atomic E-state index is 6.56. The molecule has 1 aliphatic heterocycles. The fourth-order valence-corrected chi connectivity index (χ4v) is 4.46. The summed E-state index contributed by atoms with van der Waals surface area (Å²) in [6, 6.07) is 0.360. The molecule has 2 aromatic heterocycles. The molecule has 0 aromatic carbocycles. The van der Waals surface area contributed by atoms with Crippen LogP contribution in [-0.2, 0) is 5.41 Å². The summed E-state index contributed by atoms with van der Waals surface area (Å²) < 4.78 is 2.88. The fourth-order valence-electron chi connectivity index (χ4n) is 3.82. The topological polar surface area (TPSA) is 68.8 Å². The first-order valence-electron chi connectivity index (χ1n) is 7.40. The van der Waals surface area contributed by atoms with Gasteiger partial charge >= 0.3 is 0 Å². The van der Waals surface area contributed by atoms with E-state index in [0.29, 0.717) is 11.9 Å². The Labute approximate surface area is 142 Å². The summed E-state index contributed by atoms with van der Waals surface area (Å²) in [4.78, 5) is 4.47. The van der Waals surface area contributed by atoms with Gasteiger partial charge in [0.1, 0.15) is 11.6 Å². The van der Waals surface area contributed by atoms with Crippen LogP contribution < -0.4 is 11.1 Å². The first kappa shape index (κ1) is 14.3. The lowest BCUT2D eigenvalue weighted by molar-refractivity contribution is 0.419. The van der Waals surface area contributed by atoms with Crippen LogP contribution in [-0.4, -0.2) is 21.3 Å². The van der Waals surface area contributed by atoms with Crippen molar-refractivity contribution in [2.45, 2.75) is 37.6 Å². The summed E-state index contributed by atoms with van der Waals surface area (Å²) in [6.45, 7) is 2.88. The molecule has 5 nitrogen and oxygen atoms in total. The lowest BCUT2D eigenvalue weighted by atomic mass is 9.81. The Morgan fingerprint density at radius 2 is 2.36 bits per heavy atom. The monoisotopic (exact) mass is 381 g/mol. The Balaban J connectivity index is 1.71. The Morgan fingerprint density at radius 1 is 1.55 bits per heavy atom. The molecule has 4 rings (SSSR count). The molecule has 1 fully saturated rings. The van der Waals surface area contributed by atoms with Crippen LogP contribution in [0.5, 0.6) is 0 Å². The summed E-state index contributed by atoms with van der Waals surface area (Å²) >= 11 is 10.1. The molecule has 0 saturated heterocycles. The Hall–Kier alpha value is -1.27. The van der Waals surface area contributed by atoms with E-state index in [2.05, 4.69) is 31.3 Å². The van der Waals surface area contributed by atoms with Crippen molar-refractivity contribution in [3.63, 3.8) is 0 Å². The van der Waals surface area contributed by atoms with Crippen LogP contribution in [0.15, 0.2) is 16.9 Å². The minimum atomic E-state index is 0.0441. The highest BCUT2D eigenvalue weighted by molar-refractivity contribution is 9.10. The highest BCUT2D eigenvalue weighted by atomic mass is 79.9. The lowest BCUT2D eigenvalue weighted by Gasteiger charge is -2.24. The molecule has 3 N–H and O–H groups in total. The van der Waals surface area contributed by atoms with Gasteiger partial charge in [-0.05, 0) is 42.1 Å². The summed E-state index contributed by atoms with van der Waals surface area (Å²) in [6.07, 6.45) is 6.96. The molecule has 0 radical (unpaired) electrons. The minimum Gasteiger partial charge on any atom is -0.382 e. The van der Waals surface area contributed by atoms with Gasteiger partial charge in [0.2, 0.25) is 0 Å².